The average molecular weight is 406 g/mol. The van der Waals surface area contributed by atoms with Gasteiger partial charge in [-0.3, -0.25) is 9.59 Å². The van der Waals surface area contributed by atoms with Crippen LogP contribution in [0.5, 0.6) is 0 Å². The molecule has 1 heterocycles. The fourth-order valence-electron chi connectivity index (χ4n) is 2.50. The van der Waals surface area contributed by atoms with Crippen LogP contribution in [0.25, 0.3) is 0 Å². The van der Waals surface area contributed by atoms with Crippen LogP contribution < -0.4 is 5.32 Å². The van der Waals surface area contributed by atoms with Gasteiger partial charge in [-0.15, -0.1) is 23.1 Å². The van der Waals surface area contributed by atoms with Crippen molar-refractivity contribution < 1.29 is 19.1 Å². The lowest BCUT2D eigenvalue weighted by Crippen LogP contribution is -2.16. The first-order valence-electron chi connectivity index (χ1n) is 8.55. The van der Waals surface area contributed by atoms with E-state index in [1.165, 1.54) is 29.8 Å². The number of rotatable bonds is 7. The number of ketones is 1. The van der Waals surface area contributed by atoms with Crippen LogP contribution in [0, 0.1) is 20.8 Å². The number of thioether (sulfide) groups is 1. The van der Waals surface area contributed by atoms with E-state index in [0.717, 1.165) is 16.2 Å². The molecule has 0 unspecified atom stereocenters. The van der Waals surface area contributed by atoms with E-state index < -0.39 is 5.97 Å². The summed E-state index contributed by atoms with van der Waals surface area (Å²) in [4.78, 5) is 37.9. The maximum atomic E-state index is 12.4. The predicted molar refractivity (Wildman–Crippen MR) is 110 cm³/mol. The number of carbonyl (C=O) groups excluding carboxylic acids is 3. The summed E-state index contributed by atoms with van der Waals surface area (Å²) >= 11 is 2.53. The fraction of sp³-hybridized carbons (Fsp3) is 0.350. The lowest BCUT2D eigenvalue weighted by Gasteiger charge is -2.08. The molecule has 2 aromatic rings. The van der Waals surface area contributed by atoms with E-state index in [9.17, 15) is 14.4 Å². The molecule has 2 rings (SSSR count). The molecule has 0 fully saturated rings. The number of hydrogen-bond donors (Lipinski definition) is 1. The fourth-order valence-corrected chi connectivity index (χ4v) is 4.40. The summed E-state index contributed by atoms with van der Waals surface area (Å²) in [5.41, 5.74) is 3.18. The predicted octanol–water partition coefficient (Wildman–Crippen LogP) is 4.78. The van der Waals surface area contributed by atoms with Crippen LogP contribution in [-0.4, -0.2) is 30.0 Å². The van der Waals surface area contributed by atoms with E-state index in [1.54, 1.807) is 13.8 Å². The summed E-state index contributed by atoms with van der Waals surface area (Å²) in [5.74, 6) is -0.707. The molecule has 7 heteroatoms. The van der Waals surface area contributed by atoms with Gasteiger partial charge in [0.05, 0.1) is 22.8 Å². The van der Waals surface area contributed by atoms with Gasteiger partial charge in [0.15, 0.2) is 5.78 Å². The second kappa shape index (κ2) is 9.19. The molecule has 0 aliphatic rings. The van der Waals surface area contributed by atoms with Gasteiger partial charge >= 0.3 is 5.97 Å². The summed E-state index contributed by atoms with van der Waals surface area (Å²) in [7, 11) is 0. The van der Waals surface area contributed by atoms with Crippen molar-refractivity contribution in [2.45, 2.75) is 39.5 Å². The van der Waals surface area contributed by atoms with Gasteiger partial charge < -0.3 is 10.1 Å². The van der Waals surface area contributed by atoms with Crippen LogP contribution >= 0.6 is 23.1 Å². The number of nitrogens with one attached hydrogen (secondary N) is 1. The highest BCUT2D eigenvalue weighted by molar-refractivity contribution is 8.00. The first kappa shape index (κ1) is 21.2. The second-order valence-electron chi connectivity index (χ2n) is 6.12. The van der Waals surface area contributed by atoms with Crippen LogP contribution in [-0.2, 0) is 9.53 Å². The molecule has 0 spiro atoms. The van der Waals surface area contributed by atoms with Gasteiger partial charge in [-0.1, -0.05) is 6.07 Å². The molecular formula is C20H23NO4S2. The number of carbonyl (C=O) groups is 3. The molecule has 1 N–H and O–H groups in total. The summed E-state index contributed by atoms with van der Waals surface area (Å²) in [5, 5.41) is 3.13. The van der Waals surface area contributed by atoms with Crippen molar-refractivity contribution in [1.82, 2.24) is 0 Å². The molecular weight excluding hydrogens is 382 g/mol. The zero-order valence-corrected chi connectivity index (χ0v) is 17.7. The molecule has 0 aliphatic carbocycles. The van der Waals surface area contributed by atoms with Gasteiger partial charge in [0.1, 0.15) is 5.00 Å². The van der Waals surface area contributed by atoms with Gasteiger partial charge in [-0.25, -0.2) is 4.79 Å². The molecule has 1 aromatic heterocycles. The molecule has 0 atom stereocenters. The number of benzene rings is 1. The minimum atomic E-state index is -0.532. The Morgan fingerprint density at radius 3 is 2.44 bits per heavy atom. The van der Waals surface area contributed by atoms with Crippen molar-refractivity contribution in [2.24, 2.45) is 0 Å². The molecule has 0 saturated heterocycles. The highest BCUT2D eigenvalue weighted by Crippen LogP contribution is 2.34. The van der Waals surface area contributed by atoms with Crippen LogP contribution in [0.15, 0.2) is 23.1 Å². The number of aryl methyl sites for hydroxylation is 2. The van der Waals surface area contributed by atoms with Crippen LogP contribution in [0.4, 0.5) is 5.00 Å². The molecule has 27 heavy (non-hydrogen) atoms. The molecule has 0 aliphatic heterocycles. The Kier molecular flexibility index (Phi) is 7.21. The highest BCUT2D eigenvalue weighted by atomic mass is 32.2. The van der Waals surface area contributed by atoms with Crippen molar-refractivity contribution in [3.63, 3.8) is 0 Å². The number of thiophene rings is 1. The lowest BCUT2D eigenvalue weighted by atomic mass is 10.1. The Morgan fingerprint density at radius 1 is 1.15 bits per heavy atom. The van der Waals surface area contributed by atoms with Gasteiger partial charge in [0, 0.05) is 4.90 Å². The average Bonchev–Trinajstić information content (AvgIpc) is 2.92. The minimum Gasteiger partial charge on any atom is -0.462 e. The molecule has 0 radical (unpaired) electrons. The Hall–Kier alpha value is -2.12. The van der Waals surface area contributed by atoms with Crippen molar-refractivity contribution in [2.75, 3.05) is 17.7 Å². The maximum absolute atomic E-state index is 12.4. The third-order valence-electron chi connectivity index (χ3n) is 4.05. The molecule has 5 nitrogen and oxygen atoms in total. The van der Waals surface area contributed by atoms with E-state index in [4.69, 9.17) is 4.74 Å². The van der Waals surface area contributed by atoms with Gasteiger partial charge in [-0.05, 0) is 63.4 Å². The van der Waals surface area contributed by atoms with E-state index >= 15 is 0 Å². The standard InChI is InChI=1S/C20H23NO4S2/c1-6-25-20(24)17-13(4)18(14(5)22)27-19(17)21-16(23)10-26-15-8-7-11(2)12(3)9-15/h7-9H,6,10H2,1-5H3,(H,21,23). The third-order valence-corrected chi connectivity index (χ3v) is 6.35. The van der Waals surface area contributed by atoms with E-state index in [-0.39, 0.29) is 29.6 Å². The van der Waals surface area contributed by atoms with Crippen LogP contribution in [0.3, 0.4) is 0 Å². The van der Waals surface area contributed by atoms with Crippen molar-refractivity contribution in [3.05, 3.63) is 45.3 Å². The summed E-state index contributed by atoms with van der Waals surface area (Å²) in [6.45, 7) is 9.14. The number of hydrogen-bond acceptors (Lipinski definition) is 6. The lowest BCUT2D eigenvalue weighted by molar-refractivity contribution is -0.113. The molecule has 1 amide bonds. The van der Waals surface area contributed by atoms with Crippen molar-refractivity contribution >= 4 is 45.8 Å². The van der Waals surface area contributed by atoms with E-state index in [2.05, 4.69) is 5.32 Å². The minimum absolute atomic E-state index is 0.145. The summed E-state index contributed by atoms with van der Waals surface area (Å²) < 4.78 is 5.08. The summed E-state index contributed by atoms with van der Waals surface area (Å²) in [6, 6.07) is 6.05. The third kappa shape index (κ3) is 5.20. The highest BCUT2D eigenvalue weighted by Gasteiger charge is 2.25. The Balaban J connectivity index is 2.16. The quantitative estimate of drug-likeness (QED) is 0.408. The monoisotopic (exact) mass is 405 g/mol. The number of amides is 1. The Morgan fingerprint density at radius 2 is 1.85 bits per heavy atom. The Labute approximate surface area is 167 Å². The molecule has 0 saturated carbocycles. The topological polar surface area (TPSA) is 72.5 Å². The van der Waals surface area contributed by atoms with E-state index in [0.29, 0.717) is 15.4 Å². The SMILES string of the molecule is CCOC(=O)c1c(NC(=O)CSc2ccc(C)c(C)c2)sc(C(C)=O)c1C. The van der Waals surface area contributed by atoms with Crippen molar-refractivity contribution in [1.29, 1.82) is 0 Å². The van der Waals surface area contributed by atoms with Gasteiger partial charge in [-0.2, -0.15) is 0 Å². The van der Waals surface area contributed by atoms with Crippen LogP contribution in [0.2, 0.25) is 0 Å². The molecule has 144 valence electrons. The first-order valence-corrected chi connectivity index (χ1v) is 10.4. The largest absolute Gasteiger partial charge is 0.462 e. The normalized spacial score (nSPS) is 10.6. The number of esters is 1. The zero-order chi connectivity index (χ0) is 20.1. The number of ether oxygens (including phenoxy) is 1. The van der Waals surface area contributed by atoms with E-state index in [1.807, 2.05) is 32.0 Å². The first-order chi connectivity index (χ1) is 12.7. The number of Topliss-reactive ketones (excluding diaryl/α,β-unsaturated/α-hetero) is 1. The smallest absolute Gasteiger partial charge is 0.341 e. The Bertz CT molecular complexity index is 886. The number of anilines is 1. The molecule has 0 bridgehead atoms. The van der Waals surface area contributed by atoms with Crippen molar-refractivity contribution in [3.8, 4) is 0 Å². The molecule has 1 aromatic carbocycles. The van der Waals surface area contributed by atoms with Crippen LogP contribution in [0.1, 0.15) is 50.6 Å². The maximum Gasteiger partial charge on any atom is 0.341 e. The van der Waals surface area contributed by atoms with Gasteiger partial charge in [0.25, 0.3) is 0 Å². The zero-order valence-electron chi connectivity index (χ0n) is 16.1. The summed E-state index contributed by atoms with van der Waals surface area (Å²) in [6.07, 6.45) is 0. The van der Waals surface area contributed by atoms with Gasteiger partial charge in [0.2, 0.25) is 5.91 Å². The second-order valence-corrected chi connectivity index (χ2v) is 8.19.